The van der Waals surface area contributed by atoms with Crippen molar-refractivity contribution in [2.24, 2.45) is 0 Å². The first-order valence-electron chi connectivity index (χ1n) is 7.71. The van der Waals surface area contributed by atoms with Crippen LogP contribution in [0.25, 0.3) is 10.8 Å². The van der Waals surface area contributed by atoms with Gasteiger partial charge in [0.05, 0.1) is 0 Å². The molecule has 0 heterocycles. The monoisotopic (exact) mass is 341 g/mol. The number of nitrogens with one attached hydrogen (secondary N) is 1. The topological polar surface area (TPSA) is 49.3 Å². The standard InChI is InChI=1S/C20H19NO2.ClH/c22-20(23)19(13-15-7-2-1-3-8-15)21-14-17-11-6-10-16-9-4-5-12-18(16)17;/h1-12,19,21H,13-14H2,(H,22,23);1H/t19-;/m0./s1. The second-order valence-corrected chi connectivity index (χ2v) is 5.60. The Kier molecular flexibility index (Phi) is 6.36. The normalized spacial score (nSPS) is 11.7. The van der Waals surface area contributed by atoms with Crippen LogP contribution in [0.2, 0.25) is 0 Å². The Morgan fingerprint density at radius 2 is 1.58 bits per heavy atom. The Labute approximate surface area is 147 Å². The summed E-state index contributed by atoms with van der Waals surface area (Å²) < 4.78 is 0. The zero-order valence-electron chi connectivity index (χ0n) is 13.2. The van der Waals surface area contributed by atoms with Crippen molar-refractivity contribution in [1.29, 1.82) is 0 Å². The Morgan fingerprint density at radius 1 is 0.917 bits per heavy atom. The number of carbonyl (C=O) groups is 1. The quantitative estimate of drug-likeness (QED) is 0.711. The van der Waals surface area contributed by atoms with Crippen LogP contribution in [0.4, 0.5) is 0 Å². The number of aliphatic carboxylic acids is 1. The molecule has 1 atom stereocenters. The summed E-state index contributed by atoms with van der Waals surface area (Å²) in [6, 6.07) is 23.4. The van der Waals surface area contributed by atoms with Crippen LogP contribution in [0, 0.1) is 0 Å². The van der Waals surface area contributed by atoms with Crippen LogP contribution < -0.4 is 5.32 Å². The molecule has 0 aliphatic rings. The highest BCUT2D eigenvalue weighted by molar-refractivity contribution is 5.86. The van der Waals surface area contributed by atoms with Gasteiger partial charge in [-0.25, -0.2) is 0 Å². The number of rotatable bonds is 6. The van der Waals surface area contributed by atoms with E-state index >= 15 is 0 Å². The molecule has 0 aliphatic heterocycles. The first kappa shape index (κ1) is 18.0. The van der Waals surface area contributed by atoms with Gasteiger partial charge in [-0.15, -0.1) is 12.4 Å². The molecule has 0 amide bonds. The van der Waals surface area contributed by atoms with Crippen molar-refractivity contribution in [1.82, 2.24) is 5.32 Å². The van der Waals surface area contributed by atoms with Crippen molar-refractivity contribution in [3.8, 4) is 0 Å². The molecule has 3 nitrogen and oxygen atoms in total. The van der Waals surface area contributed by atoms with Crippen LogP contribution in [-0.2, 0) is 17.8 Å². The predicted molar refractivity (Wildman–Crippen MR) is 99.6 cm³/mol. The maximum absolute atomic E-state index is 11.5. The molecular weight excluding hydrogens is 322 g/mol. The molecule has 4 heteroatoms. The fourth-order valence-electron chi connectivity index (χ4n) is 2.78. The summed E-state index contributed by atoms with van der Waals surface area (Å²) in [7, 11) is 0. The van der Waals surface area contributed by atoms with E-state index in [2.05, 4.69) is 23.5 Å². The zero-order chi connectivity index (χ0) is 16.1. The number of hydrogen-bond donors (Lipinski definition) is 2. The average Bonchev–Trinajstić information content (AvgIpc) is 2.59. The van der Waals surface area contributed by atoms with Crippen molar-refractivity contribution in [2.45, 2.75) is 19.0 Å². The minimum Gasteiger partial charge on any atom is -0.480 e. The molecule has 0 radical (unpaired) electrons. The second-order valence-electron chi connectivity index (χ2n) is 5.60. The first-order valence-corrected chi connectivity index (χ1v) is 7.71. The molecule has 0 fully saturated rings. The predicted octanol–water partition coefficient (Wildman–Crippen LogP) is 4.05. The van der Waals surface area contributed by atoms with Crippen molar-refractivity contribution >= 4 is 29.1 Å². The molecule has 0 saturated carbocycles. The lowest BCUT2D eigenvalue weighted by molar-refractivity contribution is -0.139. The van der Waals surface area contributed by atoms with E-state index in [1.807, 2.05) is 54.6 Å². The maximum Gasteiger partial charge on any atom is 0.321 e. The second kappa shape index (κ2) is 8.48. The van der Waals surface area contributed by atoms with Crippen molar-refractivity contribution < 1.29 is 9.90 Å². The molecule has 3 rings (SSSR count). The number of hydrogen-bond acceptors (Lipinski definition) is 2. The number of carboxylic acids is 1. The van der Waals surface area contributed by atoms with Crippen LogP contribution in [0.1, 0.15) is 11.1 Å². The fraction of sp³-hybridized carbons (Fsp3) is 0.150. The molecular formula is C20H20ClNO2. The van der Waals surface area contributed by atoms with Gasteiger partial charge in [0.25, 0.3) is 0 Å². The highest BCUT2D eigenvalue weighted by Gasteiger charge is 2.17. The summed E-state index contributed by atoms with van der Waals surface area (Å²) in [5, 5.41) is 15.0. The van der Waals surface area contributed by atoms with Crippen LogP contribution >= 0.6 is 12.4 Å². The molecule has 3 aromatic carbocycles. The molecule has 3 aromatic rings. The summed E-state index contributed by atoms with van der Waals surface area (Å²) in [6.45, 7) is 0.533. The third-order valence-corrected chi connectivity index (χ3v) is 4.00. The van der Waals surface area contributed by atoms with E-state index in [0.717, 1.165) is 16.5 Å². The third-order valence-electron chi connectivity index (χ3n) is 4.00. The Balaban J connectivity index is 0.00000208. The van der Waals surface area contributed by atoms with Gasteiger partial charge in [0.2, 0.25) is 0 Å². The SMILES string of the molecule is Cl.O=C(O)[C@H](Cc1ccccc1)NCc1cccc2ccccc12. The Bertz CT molecular complexity index is 800. The van der Waals surface area contributed by atoms with E-state index in [1.165, 1.54) is 5.39 Å². The maximum atomic E-state index is 11.5. The lowest BCUT2D eigenvalue weighted by atomic mass is 10.0. The van der Waals surface area contributed by atoms with Crippen molar-refractivity contribution in [2.75, 3.05) is 0 Å². The molecule has 0 bridgehead atoms. The highest BCUT2D eigenvalue weighted by atomic mass is 35.5. The first-order chi connectivity index (χ1) is 11.2. The summed E-state index contributed by atoms with van der Waals surface area (Å²) in [6.07, 6.45) is 0.473. The van der Waals surface area contributed by atoms with Gasteiger partial charge in [0, 0.05) is 6.54 Å². The summed E-state index contributed by atoms with van der Waals surface area (Å²) in [4.78, 5) is 11.5. The number of fused-ring (bicyclic) bond motifs is 1. The van der Waals surface area contributed by atoms with Gasteiger partial charge in [-0.3, -0.25) is 10.1 Å². The van der Waals surface area contributed by atoms with Gasteiger partial charge in [0.1, 0.15) is 6.04 Å². The van der Waals surface area contributed by atoms with Crippen molar-refractivity contribution in [3.63, 3.8) is 0 Å². The van der Waals surface area contributed by atoms with Gasteiger partial charge in [0.15, 0.2) is 0 Å². The summed E-state index contributed by atoms with van der Waals surface area (Å²) in [5.74, 6) is -0.825. The molecule has 24 heavy (non-hydrogen) atoms. The number of carboxylic acid groups (broad SMARTS) is 1. The highest BCUT2D eigenvalue weighted by Crippen LogP contribution is 2.18. The summed E-state index contributed by atoms with van der Waals surface area (Å²) in [5.41, 5.74) is 2.13. The molecule has 0 aliphatic carbocycles. The fourth-order valence-corrected chi connectivity index (χ4v) is 2.78. The third kappa shape index (κ3) is 4.34. The number of benzene rings is 3. The van der Waals surface area contributed by atoms with Gasteiger partial charge < -0.3 is 5.11 Å². The smallest absolute Gasteiger partial charge is 0.321 e. The lowest BCUT2D eigenvalue weighted by Crippen LogP contribution is -2.38. The van der Waals surface area contributed by atoms with Crippen molar-refractivity contribution in [3.05, 3.63) is 83.9 Å². The van der Waals surface area contributed by atoms with Gasteiger partial charge in [-0.05, 0) is 28.3 Å². The van der Waals surface area contributed by atoms with Gasteiger partial charge >= 0.3 is 5.97 Å². The number of halogens is 1. The molecule has 0 aromatic heterocycles. The lowest BCUT2D eigenvalue weighted by Gasteiger charge is -2.15. The van der Waals surface area contributed by atoms with E-state index in [0.29, 0.717) is 13.0 Å². The minimum atomic E-state index is -0.825. The zero-order valence-corrected chi connectivity index (χ0v) is 14.0. The van der Waals surface area contributed by atoms with E-state index in [9.17, 15) is 9.90 Å². The van der Waals surface area contributed by atoms with Crippen LogP contribution in [0.3, 0.4) is 0 Å². The molecule has 0 saturated heterocycles. The van der Waals surface area contributed by atoms with E-state index in [4.69, 9.17) is 0 Å². The molecule has 124 valence electrons. The van der Waals surface area contributed by atoms with E-state index < -0.39 is 12.0 Å². The largest absolute Gasteiger partial charge is 0.480 e. The van der Waals surface area contributed by atoms with Crippen LogP contribution in [0.15, 0.2) is 72.8 Å². The Morgan fingerprint density at radius 3 is 2.33 bits per heavy atom. The molecule has 2 N–H and O–H groups in total. The minimum absolute atomic E-state index is 0. The molecule has 0 unspecified atom stereocenters. The average molecular weight is 342 g/mol. The molecule has 0 spiro atoms. The van der Waals surface area contributed by atoms with Crippen LogP contribution in [0.5, 0.6) is 0 Å². The van der Waals surface area contributed by atoms with Gasteiger partial charge in [-0.2, -0.15) is 0 Å². The summed E-state index contributed by atoms with van der Waals surface area (Å²) >= 11 is 0. The van der Waals surface area contributed by atoms with E-state index in [-0.39, 0.29) is 12.4 Å². The van der Waals surface area contributed by atoms with E-state index in [1.54, 1.807) is 0 Å². The van der Waals surface area contributed by atoms with Crippen LogP contribution in [-0.4, -0.2) is 17.1 Å². The Hall–Kier alpha value is -2.36. The van der Waals surface area contributed by atoms with Gasteiger partial charge in [-0.1, -0.05) is 72.8 Å².